The summed E-state index contributed by atoms with van der Waals surface area (Å²) >= 11 is 5.96. The van der Waals surface area contributed by atoms with Gasteiger partial charge in [0, 0.05) is 16.6 Å². The Bertz CT molecular complexity index is 1270. The van der Waals surface area contributed by atoms with Gasteiger partial charge in [0.1, 0.15) is 11.9 Å². The zero-order valence-corrected chi connectivity index (χ0v) is 19.1. The van der Waals surface area contributed by atoms with Gasteiger partial charge in [0.2, 0.25) is 5.76 Å². The number of carbonyl (C=O) groups is 3. The lowest BCUT2D eigenvalue weighted by molar-refractivity contribution is -0.139. The summed E-state index contributed by atoms with van der Waals surface area (Å²) in [6.07, 6.45) is 0.0534. The van der Waals surface area contributed by atoms with E-state index in [4.69, 9.17) is 16.0 Å². The van der Waals surface area contributed by atoms with Gasteiger partial charge >= 0.3 is 17.8 Å². The molecule has 0 spiro atoms. The Kier molecular flexibility index (Phi) is 8.26. The van der Waals surface area contributed by atoms with Crippen molar-refractivity contribution in [2.45, 2.75) is 24.9 Å². The van der Waals surface area contributed by atoms with Crippen molar-refractivity contribution in [3.05, 3.63) is 81.4 Å². The maximum absolute atomic E-state index is 14.2. The highest BCUT2D eigenvalue weighted by molar-refractivity contribution is 6.30. The summed E-state index contributed by atoms with van der Waals surface area (Å²) in [5.41, 5.74) is 1.56. The van der Waals surface area contributed by atoms with E-state index in [1.807, 2.05) is 0 Å². The van der Waals surface area contributed by atoms with Crippen molar-refractivity contribution in [3.63, 3.8) is 0 Å². The van der Waals surface area contributed by atoms with Gasteiger partial charge in [-0.3, -0.25) is 9.78 Å². The highest BCUT2D eigenvalue weighted by Gasteiger charge is 2.27. The number of carboxylic acid groups (broad SMARTS) is 1. The number of nitrogens with one attached hydrogen (secondary N) is 3. The van der Waals surface area contributed by atoms with Crippen molar-refractivity contribution >= 4 is 29.6 Å². The second kappa shape index (κ2) is 11.3. The number of benzene rings is 2. The molecule has 0 aliphatic carbocycles. The summed E-state index contributed by atoms with van der Waals surface area (Å²) in [7, 11) is 1.09. The van der Waals surface area contributed by atoms with E-state index in [1.54, 1.807) is 24.3 Å². The topological polar surface area (TPSA) is 151 Å². The van der Waals surface area contributed by atoms with Crippen LogP contribution in [-0.4, -0.2) is 47.3 Å². The molecule has 0 fully saturated rings. The lowest BCUT2D eigenvalue weighted by Gasteiger charge is -2.22. The third kappa shape index (κ3) is 6.93. The van der Waals surface area contributed by atoms with Crippen LogP contribution in [0.5, 0.6) is 0 Å². The fourth-order valence-electron chi connectivity index (χ4n) is 3.38. The molecule has 2 aromatic carbocycles. The molecule has 0 bridgehead atoms. The van der Waals surface area contributed by atoms with E-state index in [1.165, 1.54) is 18.2 Å². The van der Waals surface area contributed by atoms with Crippen molar-refractivity contribution in [2.24, 2.45) is 0 Å². The van der Waals surface area contributed by atoms with Gasteiger partial charge in [0.05, 0.1) is 13.3 Å². The van der Waals surface area contributed by atoms with Crippen LogP contribution in [0.4, 0.5) is 9.18 Å². The molecule has 4 N–H and O–H groups in total. The van der Waals surface area contributed by atoms with Crippen molar-refractivity contribution in [3.8, 4) is 11.1 Å². The molecule has 35 heavy (non-hydrogen) atoms. The van der Waals surface area contributed by atoms with Crippen LogP contribution in [0.25, 0.3) is 11.1 Å². The summed E-state index contributed by atoms with van der Waals surface area (Å²) in [6.45, 7) is 0. The van der Waals surface area contributed by atoms with Gasteiger partial charge in [-0.05, 0) is 42.2 Å². The van der Waals surface area contributed by atoms with Crippen LogP contribution >= 0.6 is 11.6 Å². The fraction of sp³-hybridized carbons (Fsp3) is 0.217. The molecule has 1 aromatic heterocycles. The summed E-state index contributed by atoms with van der Waals surface area (Å²) in [4.78, 5) is 49.2. The summed E-state index contributed by atoms with van der Waals surface area (Å²) < 4.78 is 23.4. The van der Waals surface area contributed by atoms with Crippen LogP contribution in [0, 0.1) is 5.82 Å². The molecule has 12 heteroatoms. The van der Waals surface area contributed by atoms with Crippen molar-refractivity contribution in [1.82, 2.24) is 15.6 Å². The minimum atomic E-state index is -1.38. The molecule has 0 saturated carbocycles. The van der Waals surface area contributed by atoms with E-state index < -0.39 is 41.6 Å². The number of aromatic nitrogens is 1. The molecule has 2 amide bonds. The van der Waals surface area contributed by atoms with Gasteiger partial charge in [0.15, 0.2) is 0 Å². The number of aromatic amines is 1. The molecule has 0 aliphatic heterocycles. The third-order valence-corrected chi connectivity index (χ3v) is 5.29. The SMILES string of the molecule is COC(=O)N[C@H](C[C@@H](Cc1ccc(-c2cc(Cl)ccc2F)cc1)NC(=O)c1c[nH]c(=O)o1)C(=O)O. The molecule has 1 heterocycles. The fourth-order valence-corrected chi connectivity index (χ4v) is 3.55. The Balaban J connectivity index is 1.82. The zero-order valence-electron chi connectivity index (χ0n) is 18.3. The van der Waals surface area contributed by atoms with Crippen LogP contribution in [0.3, 0.4) is 0 Å². The molecule has 10 nitrogen and oxygen atoms in total. The average molecular weight is 506 g/mol. The van der Waals surface area contributed by atoms with Crippen LogP contribution in [-0.2, 0) is 16.0 Å². The minimum Gasteiger partial charge on any atom is -0.480 e. The van der Waals surface area contributed by atoms with Gasteiger partial charge in [0.25, 0.3) is 5.91 Å². The van der Waals surface area contributed by atoms with Gasteiger partial charge in [-0.1, -0.05) is 35.9 Å². The number of alkyl carbamates (subject to hydrolysis) is 1. The molecular formula is C23H21ClFN3O7. The molecule has 0 unspecified atom stereocenters. The number of methoxy groups -OCH3 is 1. The van der Waals surface area contributed by atoms with Gasteiger partial charge < -0.3 is 24.9 Å². The molecule has 0 saturated heterocycles. The summed E-state index contributed by atoms with van der Waals surface area (Å²) in [5, 5.41) is 14.7. The number of hydrogen-bond donors (Lipinski definition) is 4. The number of rotatable bonds is 9. The monoisotopic (exact) mass is 505 g/mol. The maximum atomic E-state index is 14.2. The molecule has 0 aliphatic rings. The lowest BCUT2D eigenvalue weighted by Crippen LogP contribution is -2.47. The smallest absolute Gasteiger partial charge is 0.416 e. The Morgan fingerprint density at radius 2 is 1.89 bits per heavy atom. The number of oxazole rings is 1. The number of carboxylic acids is 1. The number of amides is 2. The van der Waals surface area contributed by atoms with Gasteiger partial charge in [-0.25, -0.2) is 18.8 Å². The van der Waals surface area contributed by atoms with Gasteiger partial charge in [-0.2, -0.15) is 0 Å². The zero-order chi connectivity index (χ0) is 25.5. The van der Waals surface area contributed by atoms with Crippen LogP contribution in [0.2, 0.25) is 5.02 Å². The molecule has 3 rings (SSSR count). The highest BCUT2D eigenvalue weighted by Crippen LogP contribution is 2.26. The van der Waals surface area contributed by atoms with E-state index >= 15 is 0 Å². The number of aliphatic carboxylic acids is 1. The predicted octanol–water partition coefficient (Wildman–Crippen LogP) is 2.97. The Hall–Kier alpha value is -4.12. The first-order valence-electron chi connectivity index (χ1n) is 10.3. The normalized spacial score (nSPS) is 12.4. The number of carbonyl (C=O) groups excluding carboxylic acids is 2. The Morgan fingerprint density at radius 3 is 2.49 bits per heavy atom. The number of ether oxygens (including phenoxy) is 1. The molecule has 0 radical (unpaired) electrons. The maximum Gasteiger partial charge on any atom is 0.416 e. The number of H-pyrrole nitrogens is 1. The molecule has 3 aromatic rings. The largest absolute Gasteiger partial charge is 0.480 e. The van der Waals surface area contributed by atoms with E-state index in [-0.39, 0.29) is 18.6 Å². The predicted molar refractivity (Wildman–Crippen MR) is 123 cm³/mol. The number of hydrogen-bond acceptors (Lipinski definition) is 6. The minimum absolute atomic E-state index is 0.144. The summed E-state index contributed by atoms with van der Waals surface area (Å²) in [5.74, 6) is -3.66. The van der Waals surface area contributed by atoms with Crippen LogP contribution in [0.15, 0.2) is 57.9 Å². The number of halogens is 2. The Labute approximate surface area is 203 Å². The van der Waals surface area contributed by atoms with Gasteiger partial charge in [-0.15, -0.1) is 0 Å². The van der Waals surface area contributed by atoms with Crippen molar-refractivity contribution < 1.29 is 33.0 Å². The van der Waals surface area contributed by atoms with Crippen molar-refractivity contribution in [2.75, 3.05) is 7.11 Å². The highest BCUT2D eigenvalue weighted by atomic mass is 35.5. The molecule has 184 valence electrons. The van der Waals surface area contributed by atoms with E-state index in [0.717, 1.165) is 13.3 Å². The van der Waals surface area contributed by atoms with E-state index in [9.17, 15) is 28.7 Å². The standard InChI is InChI=1S/C23H21ClFN3O7/c1-34-23(33)28-18(21(30)31)10-15(27-20(29)19-11-26-22(32)35-19)8-12-2-4-13(5-3-12)16-9-14(24)6-7-17(16)25/h2-7,9,11,15,18H,8,10H2,1H3,(H,26,32)(H,27,29)(H,28,33)(H,30,31)/t15-,18-/m1/s1. The first kappa shape index (κ1) is 25.5. The lowest BCUT2D eigenvalue weighted by atomic mass is 9.97. The first-order valence-corrected chi connectivity index (χ1v) is 10.6. The Morgan fingerprint density at radius 1 is 1.17 bits per heavy atom. The molecule has 2 atom stereocenters. The van der Waals surface area contributed by atoms with E-state index in [0.29, 0.717) is 21.7 Å². The van der Waals surface area contributed by atoms with Crippen molar-refractivity contribution in [1.29, 1.82) is 0 Å². The molecular weight excluding hydrogens is 485 g/mol. The summed E-state index contributed by atoms with van der Waals surface area (Å²) in [6, 6.07) is 8.71. The van der Waals surface area contributed by atoms with Crippen LogP contribution in [0.1, 0.15) is 22.5 Å². The quantitative estimate of drug-likeness (QED) is 0.349. The third-order valence-electron chi connectivity index (χ3n) is 5.05. The second-order valence-electron chi connectivity index (χ2n) is 7.50. The van der Waals surface area contributed by atoms with Crippen LogP contribution < -0.4 is 16.4 Å². The average Bonchev–Trinajstić information content (AvgIpc) is 3.27. The van der Waals surface area contributed by atoms with E-state index in [2.05, 4.69) is 20.4 Å². The second-order valence-corrected chi connectivity index (χ2v) is 7.94. The first-order chi connectivity index (χ1) is 16.7.